The Morgan fingerprint density at radius 3 is 2.64 bits per heavy atom. The smallest absolute Gasteiger partial charge is 0.349 e. The van der Waals surface area contributed by atoms with Crippen molar-refractivity contribution >= 4 is 33.6 Å². The summed E-state index contributed by atoms with van der Waals surface area (Å²) in [7, 11) is 0. The molecule has 0 atom stereocenters. The van der Waals surface area contributed by atoms with E-state index < -0.39 is 16.2 Å². The first kappa shape index (κ1) is 17.2. The third-order valence-corrected chi connectivity index (χ3v) is 4.32. The van der Waals surface area contributed by atoms with Crippen molar-refractivity contribution in [2.75, 3.05) is 0 Å². The average Bonchev–Trinajstić information content (AvgIpc) is 2.68. The van der Waals surface area contributed by atoms with Gasteiger partial charge in [-0.15, -0.1) is 4.68 Å². The molecule has 9 heteroatoms. The normalized spacial score (nSPS) is 11.4. The lowest BCUT2D eigenvalue weighted by molar-refractivity contribution is -0.384. The summed E-state index contributed by atoms with van der Waals surface area (Å²) in [6, 6.07) is 13.6. The minimum Gasteiger partial charge on any atom is -0.507 e. The Morgan fingerprint density at radius 2 is 1.86 bits per heavy atom. The number of aromatic nitrogens is 2. The molecule has 2 N–H and O–H groups in total. The van der Waals surface area contributed by atoms with Crippen molar-refractivity contribution in [3.8, 4) is 5.75 Å². The molecule has 0 aliphatic heterocycles. The third kappa shape index (κ3) is 2.80. The maximum atomic E-state index is 12.5. The number of aromatic amines is 1. The molecule has 0 saturated carbocycles. The van der Waals surface area contributed by atoms with Crippen LogP contribution in [0.2, 0.25) is 0 Å². The number of rotatable bonds is 3. The van der Waals surface area contributed by atoms with Crippen LogP contribution in [0.25, 0.3) is 21.7 Å². The molecule has 0 aliphatic carbocycles. The number of nitrogens with zero attached hydrogens (tertiary/aromatic N) is 3. The zero-order valence-corrected chi connectivity index (χ0v) is 14.2. The number of phenolic OH excluding ortho intramolecular Hbond substituents is 1. The number of hydrogen-bond donors (Lipinski definition) is 2. The molecule has 4 aromatic rings. The summed E-state index contributed by atoms with van der Waals surface area (Å²) < 4.78 is 0.659. The number of phenols is 1. The maximum absolute atomic E-state index is 12.5. The number of para-hydroxylation sites is 1. The van der Waals surface area contributed by atoms with Gasteiger partial charge in [-0.05, 0) is 35.0 Å². The average molecular weight is 376 g/mol. The monoisotopic (exact) mass is 376 g/mol. The molecule has 0 fully saturated rings. The fourth-order valence-electron chi connectivity index (χ4n) is 2.95. The maximum Gasteiger partial charge on any atom is 0.349 e. The number of benzene rings is 3. The SMILES string of the molecule is O=c1[nH]c2ccccc2c(=O)n1N=Cc1c(O)ccc2cc([N+](=O)[O-])ccc12. The van der Waals surface area contributed by atoms with E-state index in [9.17, 15) is 24.8 Å². The molecule has 0 saturated heterocycles. The highest BCUT2D eigenvalue weighted by molar-refractivity contribution is 6.03. The Hall–Kier alpha value is -4.27. The van der Waals surface area contributed by atoms with Crippen LogP contribution in [0.4, 0.5) is 5.69 Å². The summed E-state index contributed by atoms with van der Waals surface area (Å²) in [6.45, 7) is 0. The highest BCUT2D eigenvalue weighted by Crippen LogP contribution is 2.28. The van der Waals surface area contributed by atoms with E-state index in [1.165, 1.54) is 36.5 Å². The number of nitro groups is 1. The van der Waals surface area contributed by atoms with Crippen LogP contribution in [-0.2, 0) is 0 Å². The molecule has 4 rings (SSSR count). The first-order valence-electron chi connectivity index (χ1n) is 8.14. The van der Waals surface area contributed by atoms with Crippen molar-refractivity contribution in [3.05, 3.63) is 91.1 Å². The summed E-state index contributed by atoms with van der Waals surface area (Å²) >= 11 is 0. The van der Waals surface area contributed by atoms with E-state index in [1.807, 2.05) is 0 Å². The van der Waals surface area contributed by atoms with Crippen LogP contribution in [0.5, 0.6) is 5.75 Å². The summed E-state index contributed by atoms with van der Waals surface area (Å²) in [4.78, 5) is 37.7. The van der Waals surface area contributed by atoms with Gasteiger partial charge in [0.2, 0.25) is 0 Å². The summed E-state index contributed by atoms with van der Waals surface area (Å²) in [5.74, 6) is -0.143. The molecule has 138 valence electrons. The third-order valence-electron chi connectivity index (χ3n) is 4.32. The van der Waals surface area contributed by atoms with Gasteiger partial charge >= 0.3 is 5.69 Å². The molecule has 0 unspecified atom stereocenters. The van der Waals surface area contributed by atoms with E-state index in [0.29, 0.717) is 21.0 Å². The molecular formula is C19H12N4O5. The van der Waals surface area contributed by atoms with E-state index >= 15 is 0 Å². The van der Waals surface area contributed by atoms with E-state index in [2.05, 4.69) is 10.1 Å². The molecule has 0 amide bonds. The number of aromatic hydroxyl groups is 1. The van der Waals surface area contributed by atoms with Crippen LogP contribution in [0, 0.1) is 10.1 Å². The van der Waals surface area contributed by atoms with Crippen molar-refractivity contribution in [2.45, 2.75) is 0 Å². The van der Waals surface area contributed by atoms with Crippen molar-refractivity contribution in [3.63, 3.8) is 0 Å². The van der Waals surface area contributed by atoms with Gasteiger partial charge in [0, 0.05) is 17.7 Å². The van der Waals surface area contributed by atoms with Gasteiger partial charge in [0.05, 0.1) is 22.0 Å². The molecule has 0 bridgehead atoms. The number of non-ortho nitro benzene ring substituents is 1. The van der Waals surface area contributed by atoms with Gasteiger partial charge in [-0.3, -0.25) is 14.9 Å². The summed E-state index contributed by atoms with van der Waals surface area (Å²) in [6.07, 6.45) is 1.18. The fraction of sp³-hybridized carbons (Fsp3) is 0. The molecule has 28 heavy (non-hydrogen) atoms. The number of nitro benzene ring substituents is 1. The molecule has 1 heterocycles. The Balaban J connectivity index is 1.89. The van der Waals surface area contributed by atoms with Crippen molar-refractivity contribution in [1.82, 2.24) is 9.66 Å². The van der Waals surface area contributed by atoms with E-state index in [4.69, 9.17) is 0 Å². The van der Waals surface area contributed by atoms with Crippen LogP contribution < -0.4 is 11.2 Å². The van der Waals surface area contributed by atoms with Crippen molar-refractivity contribution in [2.24, 2.45) is 5.10 Å². The Labute approximate surface area is 156 Å². The summed E-state index contributed by atoms with van der Waals surface area (Å²) in [5, 5.41) is 26.3. The van der Waals surface area contributed by atoms with Gasteiger partial charge in [-0.1, -0.05) is 18.2 Å². The second kappa shape index (κ2) is 6.47. The lowest BCUT2D eigenvalue weighted by Crippen LogP contribution is -2.32. The van der Waals surface area contributed by atoms with E-state index in [1.54, 1.807) is 24.3 Å². The van der Waals surface area contributed by atoms with Gasteiger partial charge in [0.25, 0.3) is 11.2 Å². The molecule has 0 aliphatic rings. The first-order valence-corrected chi connectivity index (χ1v) is 8.14. The zero-order chi connectivity index (χ0) is 19.8. The molecule has 1 aromatic heterocycles. The van der Waals surface area contributed by atoms with Gasteiger partial charge in [0.1, 0.15) is 5.75 Å². The lowest BCUT2D eigenvalue weighted by Gasteiger charge is -2.05. The quantitative estimate of drug-likeness (QED) is 0.322. The lowest BCUT2D eigenvalue weighted by atomic mass is 10.0. The predicted molar refractivity (Wildman–Crippen MR) is 104 cm³/mol. The molecular weight excluding hydrogens is 364 g/mol. The van der Waals surface area contributed by atoms with Crippen LogP contribution in [-0.4, -0.2) is 25.9 Å². The largest absolute Gasteiger partial charge is 0.507 e. The Morgan fingerprint density at radius 1 is 1.07 bits per heavy atom. The summed E-state index contributed by atoms with van der Waals surface area (Å²) in [5.41, 5.74) is -0.805. The number of hydrogen-bond acceptors (Lipinski definition) is 6. The zero-order valence-electron chi connectivity index (χ0n) is 14.2. The minimum atomic E-state index is -0.727. The number of H-pyrrole nitrogens is 1. The van der Waals surface area contributed by atoms with Gasteiger partial charge in [0.15, 0.2) is 0 Å². The van der Waals surface area contributed by atoms with Gasteiger partial charge in [-0.25, -0.2) is 4.79 Å². The second-order valence-electron chi connectivity index (χ2n) is 6.00. The van der Waals surface area contributed by atoms with Gasteiger partial charge < -0.3 is 10.1 Å². The standard InChI is InChI=1S/C19H12N4O5/c24-17-8-5-11-9-12(23(27)28)6-7-13(11)15(17)10-20-22-18(25)14-3-1-2-4-16(14)21-19(22)26/h1-10,24H,(H,21,26). The van der Waals surface area contributed by atoms with Crippen molar-refractivity contribution in [1.29, 1.82) is 0 Å². The molecule has 0 spiro atoms. The van der Waals surface area contributed by atoms with E-state index in [-0.39, 0.29) is 22.4 Å². The number of fused-ring (bicyclic) bond motifs is 2. The van der Waals surface area contributed by atoms with Crippen molar-refractivity contribution < 1.29 is 10.0 Å². The van der Waals surface area contributed by atoms with Gasteiger partial charge in [-0.2, -0.15) is 5.10 Å². The van der Waals surface area contributed by atoms with Crippen LogP contribution in [0.1, 0.15) is 5.56 Å². The number of nitrogens with one attached hydrogen (secondary N) is 1. The Bertz CT molecular complexity index is 1400. The van der Waals surface area contributed by atoms with Crippen LogP contribution >= 0.6 is 0 Å². The highest BCUT2D eigenvalue weighted by Gasteiger charge is 2.11. The van der Waals surface area contributed by atoms with Crippen LogP contribution in [0.3, 0.4) is 0 Å². The van der Waals surface area contributed by atoms with Crippen LogP contribution in [0.15, 0.2) is 69.3 Å². The molecule has 9 nitrogen and oxygen atoms in total. The topological polar surface area (TPSA) is 131 Å². The Kier molecular flexibility index (Phi) is 3.96. The molecule has 0 radical (unpaired) electrons. The fourth-order valence-corrected chi connectivity index (χ4v) is 2.95. The first-order chi connectivity index (χ1) is 13.5. The highest BCUT2D eigenvalue weighted by atomic mass is 16.6. The van der Waals surface area contributed by atoms with E-state index in [0.717, 1.165) is 0 Å². The molecule has 3 aromatic carbocycles. The minimum absolute atomic E-state index is 0.0942. The predicted octanol–water partition coefficient (Wildman–Crippen LogP) is 2.34. The second-order valence-corrected chi connectivity index (χ2v) is 6.00.